The van der Waals surface area contributed by atoms with Crippen molar-refractivity contribution in [2.45, 2.75) is 6.92 Å². The Morgan fingerprint density at radius 3 is 2.72 bits per heavy atom. The Hall–Kier alpha value is -3.48. The average Bonchev–Trinajstić information content (AvgIpc) is 2.61. The number of benzene rings is 2. The number of para-hydroxylation sites is 1. The van der Waals surface area contributed by atoms with E-state index in [0.29, 0.717) is 17.0 Å². The van der Waals surface area contributed by atoms with E-state index in [-0.39, 0.29) is 11.3 Å². The number of aryl methyl sites for hydroxylation is 1. The van der Waals surface area contributed by atoms with Gasteiger partial charge in [0, 0.05) is 17.1 Å². The van der Waals surface area contributed by atoms with Crippen LogP contribution >= 0.6 is 0 Å². The summed E-state index contributed by atoms with van der Waals surface area (Å²) in [5.41, 5.74) is 1.56. The molecule has 0 bridgehead atoms. The van der Waals surface area contributed by atoms with E-state index >= 15 is 0 Å². The molecule has 2 aromatic carbocycles. The van der Waals surface area contributed by atoms with Gasteiger partial charge in [-0.2, -0.15) is 0 Å². The summed E-state index contributed by atoms with van der Waals surface area (Å²) in [5, 5.41) is 14.8. The minimum Gasteiger partial charge on any atom is -0.497 e. The van der Waals surface area contributed by atoms with E-state index in [9.17, 15) is 14.9 Å². The number of aromatic nitrogens is 1. The summed E-state index contributed by atoms with van der Waals surface area (Å²) in [6.07, 6.45) is 0. The zero-order valence-corrected chi connectivity index (χ0v) is 13.6. The first kappa shape index (κ1) is 16.4. The molecule has 0 unspecified atom stereocenters. The summed E-state index contributed by atoms with van der Waals surface area (Å²) in [4.78, 5) is 27.7. The SMILES string of the molecule is COc1ccc([N+](=O)[O-])c(C(=O)Nc2cccc3ccc(C)nc23)c1. The van der Waals surface area contributed by atoms with Crippen LogP contribution in [0, 0.1) is 17.0 Å². The summed E-state index contributed by atoms with van der Waals surface area (Å²) >= 11 is 0. The molecule has 1 amide bonds. The molecule has 1 N–H and O–H groups in total. The molecule has 0 aliphatic rings. The molecule has 7 heteroatoms. The number of hydrogen-bond donors (Lipinski definition) is 1. The van der Waals surface area contributed by atoms with Gasteiger partial charge in [0.1, 0.15) is 11.3 Å². The molecule has 3 aromatic rings. The predicted octanol–water partition coefficient (Wildman–Crippen LogP) is 3.71. The third kappa shape index (κ3) is 3.25. The van der Waals surface area contributed by atoms with Crippen LogP contribution in [-0.4, -0.2) is 22.9 Å². The average molecular weight is 337 g/mol. The van der Waals surface area contributed by atoms with Crippen LogP contribution < -0.4 is 10.1 Å². The van der Waals surface area contributed by atoms with E-state index < -0.39 is 10.8 Å². The number of nitrogens with one attached hydrogen (secondary N) is 1. The third-order valence-electron chi connectivity index (χ3n) is 3.75. The number of amides is 1. The zero-order chi connectivity index (χ0) is 18.0. The first-order valence-electron chi connectivity index (χ1n) is 7.50. The van der Waals surface area contributed by atoms with Gasteiger partial charge in [-0.3, -0.25) is 19.9 Å². The van der Waals surface area contributed by atoms with Crippen molar-refractivity contribution in [2.24, 2.45) is 0 Å². The van der Waals surface area contributed by atoms with Crippen molar-refractivity contribution in [1.82, 2.24) is 4.98 Å². The fourth-order valence-electron chi connectivity index (χ4n) is 2.52. The quantitative estimate of drug-likeness (QED) is 0.578. The number of ether oxygens (including phenoxy) is 1. The van der Waals surface area contributed by atoms with Gasteiger partial charge in [-0.25, -0.2) is 0 Å². The predicted molar refractivity (Wildman–Crippen MR) is 94.1 cm³/mol. The topological polar surface area (TPSA) is 94.4 Å². The van der Waals surface area contributed by atoms with Gasteiger partial charge in [-0.15, -0.1) is 0 Å². The lowest BCUT2D eigenvalue weighted by atomic mass is 10.1. The van der Waals surface area contributed by atoms with Gasteiger partial charge >= 0.3 is 0 Å². The van der Waals surface area contributed by atoms with E-state index in [1.165, 1.54) is 25.3 Å². The standard InChI is InChI=1S/C18H15N3O4/c1-11-6-7-12-4-3-5-15(17(12)19-11)20-18(22)14-10-13(25-2)8-9-16(14)21(23)24/h3-10H,1-2H3,(H,20,22). The summed E-state index contributed by atoms with van der Waals surface area (Å²) in [6.45, 7) is 1.85. The van der Waals surface area contributed by atoms with Crippen LogP contribution in [0.4, 0.5) is 11.4 Å². The molecule has 126 valence electrons. The zero-order valence-electron chi connectivity index (χ0n) is 13.6. The van der Waals surface area contributed by atoms with Gasteiger partial charge in [-0.1, -0.05) is 18.2 Å². The molecule has 1 heterocycles. The number of nitrogens with zero attached hydrogens (tertiary/aromatic N) is 2. The Morgan fingerprint density at radius 1 is 1.20 bits per heavy atom. The molecule has 0 aliphatic carbocycles. The summed E-state index contributed by atoms with van der Waals surface area (Å²) < 4.78 is 5.06. The number of fused-ring (bicyclic) bond motifs is 1. The Bertz CT molecular complexity index is 985. The van der Waals surface area contributed by atoms with Crippen molar-refractivity contribution in [2.75, 3.05) is 12.4 Å². The smallest absolute Gasteiger partial charge is 0.282 e. The van der Waals surface area contributed by atoms with Gasteiger partial charge in [0.15, 0.2) is 0 Å². The van der Waals surface area contributed by atoms with Crippen molar-refractivity contribution < 1.29 is 14.5 Å². The number of nitro benzene ring substituents is 1. The largest absolute Gasteiger partial charge is 0.497 e. The van der Waals surface area contributed by atoms with Crippen molar-refractivity contribution in [3.63, 3.8) is 0 Å². The molecule has 0 fully saturated rings. The van der Waals surface area contributed by atoms with Crippen LogP contribution in [0.2, 0.25) is 0 Å². The fourth-order valence-corrected chi connectivity index (χ4v) is 2.52. The molecule has 3 rings (SSSR count). The van der Waals surface area contributed by atoms with Crippen molar-refractivity contribution in [1.29, 1.82) is 0 Å². The Morgan fingerprint density at radius 2 is 2.00 bits per heavy atom. The first-order valence-corrected chi connectivity index (χ1v) is 7.50. The summed E-state index contributed by atoms with van der Waals surface area (Å²) in [7, 11) is 1.43. The van der Waals surface area contributed by atoms with Crippen LogP contribution in [0.3, 0.4) is 0 Å². The highest BCUT2D eigenvalue weighted by Gasteiger charge is 2.21. The molecule has 0 saturated heterocycles. The number of methoxy groups -OCH3 is 1. The molecule has 25 heavy (non-hydrogen) atoms. The van der Waals surface area contributed by atoms with E-state index in [0.717, 1.165) is 11.1 Å². The lowest BCUT2D eigenvalue weighted by Gasteiger charge is -2.10. The molecule has 0 saturated carbocycles. The monoisotopic (exact) mass is 337 g/mol. The molecule has 0 aliphatic heterocycles. The second-order valence-corrected chi connectivity index (χ2v) is 5.42. The second kappa shape index (κ2) is 6.56. The van der Waals surface area contributed by atoms with Gasteiger partial charge in [0.25, 0.3) is 11.6 Å². The van der Waals surface area contributed by atoms with Crippen LogP contribution in [0.1, 0.15) is 16.1 Å². The number of pyridine rings is 1. The Labute approximate surface area is 143 Å². The number of carbonyl (C=O) groups excluding carboxylic acids is 1. The number of nitro groups is 1. The van der Waals surface area contributed by atoms with E-state index in [1.807, 2.05) is 25.1 Å². The van der Waals surface area contributed by atoms with Gasteiger partial charge in [-0.05, 0) is 31.2 Å². The van der Waals surface area contributed by atoms with E-state index in [4.69, 9.17) is 4.74 Å². The van der Waals surface area contributed by atoms with Crippen molar-refractivity contribution >= 4 is 28.2 Å². The summed E-state index contributed by atoms with van der Waals surface area (Å²) in [6, 6.07) is 13.2. The number of carbonyl (C=O) groups is 1. The lowest BCUT2D eigenvalue weighted by Crippen LogP contribution is -2.14. The highest BCUT2D eigenvalue weighted by atomic mass is 16.6. The minimum atomic E-state index is -0.597. The third-order valence-corrected chi connectivity index (χ3v) is 3.75. The van der Waals surface area contributed by atoms with Crippen LogP contribution in [-0.2, 0) is 0 Å². The van der Waals surface area contributed by atoms with E-state index in [1.54, 1.807) is 12.1 Å². The molecular weight excluding hydrogens is 322 g/mol. The van der Waals surface area contributed by atoms with Crippen LogP contribution in [0.25, 0.3) is 10.9 Å². The number of hydrogen-bond acceptors (Lipinski definition) is 5. The van der Waals surface area contributed by atoms with Crippen LogP contribution in [0.15, 0.2) is 48.5 Å². The molecule has 0 spiro atoms. The molecular formula is C18H15N3O4. The normalized spacial score (nSPS) is 10.5. The van der Waals surface area contributed by atoms with Gasteiger partial charge in [0.2, 0.25) is 0 Å². The maximum Gasteiger partial charge on any atom is 0.282 e. The summed E-state index contributed by atoms with van der Waals surface area (Å²) in [5.74, 6) is -0.232. The van der Waals surface area contributed by atoms with Crippen molar-refractivity contribution in [3.8, 4) is 5.75 Å². The molecule has 1 aromatic heterocycles. The number of rotatable bonds is 4. The van der Waals surface area contributed by atoms with Gasteiger partial charge < -0.3 is 10.1 Å². The Kier molecular flexibility index (Phi) is 4.30. The molecule has 7 nitrogen and oxygen atoms in total. The number of anilines is 1. The molecule has 0 atom stereocenters. The van der Waals surface area contributed by atoms with Gasteiger partial charge in [0.05, 0.1) is 23.2 Å². The Balaban J connectivity index is 2.03. The maximum absolute atomic E-state index is 12.6. The minimum absolute atomic E-state index is 0.0750. The first-order chi connectivity index (χ1) is 12.0. The van der Waals surface area contributed by atoms with Crippen molar-refractivity contribution in [3.05, 3.63) is 69.9 Å². The molecule has 0 radical (unpaired) electrons. The maximum atomic E-state index is 12.6. The van der Waals surface area contributed by atoms with E-state index in [2.05, 4.69) is 10.3 Å². The van der Waals surface area contributed by atoms with Crippen LogP contribution in [0.5, 0.6) is 5.75 Å². The second-order valence-electron chi connectivity index (χ2n) is 5.42. The fraction of sp³-hybridized carbons (Fsp3) is 0.111. The highest BCUT2D eigenvalue weighted by Crippen LogP contribution is 2.27. The highest BCUT2D eigenvalue weighted by molar-refractivity contribution is 6.10. The lowest BCUT2D eigenvalue weighted by molar-refractivity contribution is -0.385.